The molecule has 0 fully saturated rings. The van der Waals surface area contributed by atoms with Crippen molar-refractivity contribution in [2.24, 2.45) is 0 Å². The first-order valence-corrected chi connectivity index (χ1v) is 3.44. The summed E-state index contributed by atoms with van der Waals surface area (Å²) >= 11 is 0. The molecule has 0 saturated heterocycles. The van der Waals surface area contributed by atoms with Crippen LogP contribution in [0.3, 0.4) is 0 Å². The number of amides is 1. The minimum absolute atomic E-state index is 0.375. The second-order valence-electron chi connectivity index (χ2n) is 2.18. The summed E-state index contributed by atoms with van der Waals surface area (Å²) in [6, 6.07) is 0. The van der Waals surface area contributed by atoms with Gasteiger partial charge in [-0.05, 0) is 12.8 Å². The molecule has 11 heavy (non-hydrogen) atoms. The van der Waals surface area contributed by atoms with Crippen LogP contribution in [0, 0.1) is 0 Å². The van der Waals surface area contributed by atoms with Crippen LogP contribution < -0.4 is 5.32 Å². The van der Waals surface area contributed by atoms with E-state index in [0.717, 1.165) is 0 Å². The molecule has 0 aliphatic carbocycles. The van der Waals surface area contributed by atoms with E-state index in [1.54, 1.807) is 0 Å². The van der Waals surface area contributed by atoms with E-state index in [1.165, 1.54) is 6.08 Å². The predicted octanol–water partition coefficient (Wildman–Crippen LogP) is 0.581. The Bertz CT molecular complexity index is 136. The van der Waals surface area contributed by atoms with Crippen molar-refractivity contribution < 1.29 is 15.0 Å². The topological polar surface area (TPSA) is 69.6 Å². The monoisotopic (exact) mass is 159 g/mol. The number of aliphatic hydroxyl groups excluding tert-OH is 1. The van der Waals surface area contributed by atoms with E-state index < -0.39 is 12.2 Å². The first kappa shape index (κ1) is 9.97. The normalized spacial score (nSPS) is 12.1. The number of rotatable bonds is 5. The molecule has 0 aliphatic heterocycles. The lowest BCUT2D eigenvalue weighted by atomic mass is 10.2. The summed E-state index contributed by atoms with van der Waals surface area (Å²) in [5, 5.41) is 19.3. The molecule has 1 atom stereocenters. The molecule has 4 heteroatoms. The Labute approximate surface area is 65.5 Å². The van der Waals surface area contributed by atoms with Gasteiger partial charge in [-0.3, -0.25) is 0 Å². The van der Waals surface area contributed by atoms with Gasteiger partial charge in [0.1, 0.15) is 0 Å². The average Bonchev–Trinajstić information content (AvgIpc) is 1.97. The van der Waals surface area contributed by atoms with Crippen molar-refractivity contribution in [2.45, 2.75) is 18.9 Å². The van der Waals surface area contributed by atoms with Gasteiger partial charge in [0.05, 0.1) is 6.10 Å². The first-order valence-electron chi connectivity index (χ1n) is 3.44. The van der Waals surface area contributed by atoms with Gasteiger partial charge in [-0.2, -0.15) is 0 Å². The van der Waals surface area contributed by atoms with Crippen LogP contribution in [0.2, 0.25) is 0 Å². The summed E-state index contributed by atoms with van der Waals surface area (Å²) in [4.78, 5) is 9.92. The van der Waals surface area contributed by atoms with Crippen molar-refractivity contribution in [3.63, 3.8) is 0 Å². The zero-order valence-electron chi connectivity index (χ0n) is 6.29. The van der Waals surface area contributed by atoms with Gasteiger partial charge in [0.15, 0.2) is 0 Å². The molecule has 0 rings (SSSR count). The number of carbonyl (C=O) groups is 1. The van der Waals surface area contributed by atoms with Crippen molar-refractivity contribution in [3.8, 4) is 0 Å². The van der Waals surface area contributed by atoms with Gasteiger partial charge in [-0.15, -0.1) is 6.58 Å². The molecule has 0 spiro atoms. The summed E-state index contributed by atoms with van der Waals surface area (Å²) in [6.07, 6.45) is 1.05. The lowest BCUT2D eigenvalue weighted by Crippen LogP contribution is -2.22. The second kappa shape index (κ2) is 5.73. The highest BCUT2D eigenvalue weighted by Gasteiger charge is 1.98. The maximum Gasteiger partial charge on any atom is 0.404 e. The minimum atomic E-state index is -1.03. The lowest BCUT2D eigenvalue weighted by Gasteiger charge is -2.03. The minimum Gasteiger partial charge on any atom is -0.465 e. The number of hydrogen-bond acceptors (Lipinski definition) is 2. The third-order valence-corrected chi connectivity index (χ3v) is 1.22. The largest absolute Gasteiger partial charge is 0.465 e. The Hall–Kier alpha value is -1.03. The van der Waals surface area contributed by atoms with Crippen LogP contribution in [0.25, 0.3) is 0 Å². The first-order chi connectivity index (χ1) is 5.16. The quantitative estimate of drug-likeness (QED) is 0.406. The highest BCUT2D eigenvalue weighted by atomic mass is 16.4. The van der Waals surface area contributed by atoms with Crippen molar-refractivity contribution in [1.82, 2.24) is 5.32 Å². The van der Waals surface area contributed by atoms with E-state index in [9.17, 15) is 4.79 Å². The molecule has 0 radical (unpaired) electrons. The Morgan fingerprint density at radius 1 is 1.73 bits per heavy atom. The molecule has 64 valence electrons. The smallest absolute Gasteiger partial charge is 0.404 e. The molecule has 0 heterocycles. The summed E-state index contributed by atoms with van der Waals surface area (Å²) < 4.78 is 0. The third-order valence-electron chi connectivity index (χ3n) is 1.22. The summed E-state index contributed by atoms with van der Waals surface area (Å²) in [6.45, 7) is 3.76. The molecule has 1 amide bonds. The van der Waals surface area contributed by atoms with Crippen LogP contribution in [0.4, 0.5) is 4.79 Å². The van der Waals surface area contributed by atoms with E-state index in [-0.39, 0.29) is 0 Å². The van der Waals surface area contributed by atoms with Crippen LogP contribution >= 0.6 is 0 Å². The van der Waals surface area contributed by atoms with Crippen LogP contribution in [-0.2, 0) is 0 Å². The number of carboxylic acid groups (broad SMARTS) is 1. The highest BCUT2D eigenvalue weighted by Crippen LogP contribution is 1.95. The molecule has 3 N–H and O–H groups in total. The van der Waals surface area contributed by atoms with Gasteiger partial charge < -0.3 is 15.5 Å². The van der Waals surface area contributed by atoms with Gasteiger partial charge in [0.25, 0.3) is 0 Å². The molecule has 1 unspecified atom stereocenters. The fourth-order valence-corrected chi connectivity index (χ4v) is 0.624. The Balaban J connectivity index is 3.14. The van der Waals surface area contributed by atoms with Crippen LogP contribution in [0.15, 0.2) is 12.7 Å². The average molecular weight is 159 g/mol. The van der Waals surface area contributed by atoms with Crippen LogP contribution in [0.1, 0.15) is 12.8 Å². The molecule has 0 aromatic rings. The molecule has 0 aromatic heterocycles. The highest BCUT2D eigenvalue weighted by molar-refractivity contribution is 5.64. The van der Waals surface area contributed by atoms with Gasteiger partial charge in [-0.25, -0.2) is 4.79 Å². The summed E-state index contributed by atoms with van der Waals surface area (Å²) in [5.41, 5.74) is 0. The number of aliphatic hydroxyl groups is 1. The maximum absolute atomic E-state index is 9.92. The molecular weight excluding hydrogens is 146 g/mol. The van der Waals surface area contributed by atoms with Gasteiger partial charge in [-0.1, -0.05) is 6.08 Å². The standard InChI is InChI=1S/C7H13NO3/c1-2-6(9)4-3-5-8-7(10)11/h2,6,8-9H,1,3-5H2,(H,10,11). The van der Waals surface area contributed by atoms with Crippen LogP contribution in [0.5, 0.6) is 0 Å². The lowest BCUT2D eigenvalue weighted by molar-refractivity contribution is 0.190. The molecule has 0 aliphatic rings. The number of hydrogen-bond donors (Lipinski definition) is 3. The molecule has 0 aromatic carbocycles. The molecular formula is C7H13NO3. The van der Waals surface area contributed by atoms with Gasteiger partial charge >= 0.3 is 6.09 Å². The summed E-state index contributed by atoms with van der Waals surface area (Å²) in [5.74, 6) is 0. The molecule has 0 bridgehead atoms. The van der Waals surface area contributed by atoms with E-state index in [1.807, 2.05) is 0 Å². The second-order valence-corrected chi connectivity index (χ2v) is 2.18. The Morgan fingerprint density at radius 3 is 2.82 bits per heavy atom. The van der Waals surface area contributed by atoms with E-state index in [0.29, 0.717) is 19.4 Å². The van der Waals surface area contributed by atoms with Crippen molar-refractivity contribution in [3.05, 3.63) is 12.7 Å². The maximum atomic E-state index is 9.92. The predicted molar refractivity (Wildman–Crippen MR) is 41.5 cm³/mol. The van der Waals surface area contributed by atoms with Crippen LogP contribution in [-0.4, -0.2) is 29.0 Å². The van der Waals surface area contributed by atoms with E-state index in [4.69, 9.17) is 10.2 Å². The third kappa shape index (κ3) is 6.86. The van der Waals surface area contributed by atoms with E-state index in [2.05, 4.69) is 11.9 Å². The fraction of sp³-hybridized carbons (Fsp3) is 0.571. The zero-order valence-corrected chi connectivity index (χ0v) is 6.29. The Morgan fingerprint density at radius 2 is 2.36 bits per heavy atom. The number of nitrogens with one attached hydrogen (secondary N) is 1. The van der Waals surface area contributed by atoms with E-state index >= 15 is 0 Å². The fourth-order valence-electron chi connectivity index (χ4n) is 0.624. The van der Waals surface area contributed by atoms with Crippen molar-refractivity contribution in [2.75, 3.05) is 6.54 Å². The summed E-state index contributed by atoms with van der Waals surface area (Å²) in [7, 11) is 0. The Kier molecular flexibility index (Phi) is 5.20. The van der Waals surface area contributed by atoms with Crippen molar-refractivity contribution >= 4 is 6.09 Å². The van der Waals surface area contributed by atoms with Gasteiger partial charge in [0.2, 0.25) is 0 Å². The zero-order chi connectivity index (χ0) is 8.69. The van der Waals surface area contributed by atoms with Gasteiger partial charge in [0, 0.05) is 6.54 Å². The molecule has 4 nitrogen and oxygen atoms in total. The van der Waals surface area contributed by atoms with Crippen molar-refractivity contribution in [1.29, 1.82) is 0 Å². The molecule has 0 saturated carbocycles. The SMILES string of the molecule is C=CC(O)CCCNC(=O)O.